The molecule has 0 saturated heterocycles. The number of phenols is 1. The van der Waals surface area contributed by atoms with Gasteiger partial charge in [0.05, 0.1) is 15.6 Å². The first kappa shape index (κ1) is 31.4. The van der Waals surface area contributed by atoms with Crippen LogP contribution in [0.5, 0.6) is 5.75 Å². The minimum absolute atomic E-state index is 0.0453. The van der Waals surface area contributed by atoms with E-state index in [2.05, 4.69) is 42.5 Å². The molecule has 14 heteroatoms. The normalized spacial score (nSPS) is 17.0. The van der Waals surface area contributed by atoms with Crippen LogP contribution in [0.15, 0.2) is 45.3 Å². The molecule has 1 heterocycles. The van der Waals surface area contributed by atoms with E-state index >= 15 is 0 Å². The predicted molar refractivity (Wildman–Crippen MR) is 153 cm³/mol. The quantitative estimate of drug-likeness (QED) is 0.250. The summed E-state index contributed by atoms with van der Waals surface area (Å²) in [4.78, 5) is 32.9. The summed E-state index contributed by atoms with van der Waals surface area (Å²) >= 11 is 6.63. The largest absolute Gasteiger partial charge is 0.506 e. The van der Waals surface area contributed by atoms with Crippen molar-refractivity contribution in [2.24, 2.45) is 5.92 Å². The van der Waals surface area contributed by atoms with E-state index in [0.717, 1.165) is 46.9 Å². The van der Waals surface area contributed by atoms with Crippen LogP contribution in [0.1, 0.15) is 36.0 Å². The number of rotatable bonds is 6. The van der Waals surface area contributed by atoms with Gasteiger partial charge in [0.15, 0.2) is 0 Å². The van der Waals surface area contributed by atoms with Gasteiger partial charge in [0.25, 0.3) is 5.91 Å². The number of aromatic nitrogens is 2. The molecule has 216 valence electrons. The zero-order valence-electron chi connectivity index (χ0n) is 21.6. The number of benzene rings is 2. The topological polar surface area (TPSA) is 128 Å². The highest BCUT2D eigenvalue weighted by Crippen LogP contribution is 2.32. The highest BCUT2D eigenvalue weighted by atomic mass is 79.9. The molecule has 4 N–H and O–H groups in total. The zero-order valence-corrected chi connectivity index (χ0v) is 24.8. The molecule has 1 aliphatic rings. The summed E-state index contributed by atoms with van der Waals surface area (Å²) in [7, 11) is 3.98. The lowest BCUT2D eigenvalue weighted by molar-refractivity contribution is -0.192. The molecule has 9 nitrogen and oxygen atoms in total. The lowest BCUT2D eigenvalue weighted by atomic mass is 9.86. The molecule has 0 unspecified atom stereocenters. The number of hydrogen-bond acceptors (Lipinski definition) is 7. The van der Waals surface area contributed by atoms with Gasteiger partial charge in [0.1, 0.15) is 11.6 Å². The Morgan fingerprint density at radius 3 is 2.30 bits per heavy atom. The van der Waals surface area contributed by atoms with Crippen LogP contribution >= 0.6 is 31.9 Å². The number of nitrogens with one attached hydrogen (secondary N) is 2. The number of para-hydroxylation sites is 1. The van der Waals surface area contributed by atoms with Crippen molar-refractivity contribution in [2.75, 3.05) is 30.9 Å². The number of hydrogen-bond donors (Lipinski definition) is 4. The Hall–Kier alpha value is -3.13. The van der Waals surface area contributed by atoms with Crippen molar-refractivity contribution >= 4 is 66.4 Å². The Bertz CT molecular complexity index is 1370. The maximum atomic E-state index is 12.6. The number of anilines is 2. The molecule has 4 rings (SSSR count). The van der Waals surface area contributed by atoms with Crippen LogP contribution in [0, 0.1) is 5.92 Å². The summed E-state index contributed by atoms with van der Waals surface area (Å²) in [5, 5.41) is 24.8. The first-order valence-corrected chi connectivity index (χ1v) is 13.8. The third-order valence-electron chi connectivity index (χ3n) is 6.25. The van der Waals surface area contributed by atoms with Crippen molar-refractivity contribution < 1.29 is 33.0 Å². The van der Waals surface area contributed by atoms with Gasteiger partial charge in [-0.3, -0.25) is 4.79 Å². The van der Waals surface area contributed by atoms with Crippen molar-refractivity contribution in [3.05, 3.63) is 50.9 Å². The Kier molecular flexibility index (Phi) is 10.6. The number of amides is 1. The molecule has 3 aromatic rings. The fraction of sp³-hybridized carbons (Fsp3) is 0.385. The number of nitrogens with zero attached hydrogens (tertiary/aromatic N) is 3. The maximum Gasteiger partial charge on any atom is 0.490 e. The van der Waals surface area contributed by atoms with Crippen LogP contribution in [-0.4, -0.2) is 64.9 Å². The summed E-state index contributed by atoms with van der Waals surface area (Å²) in [5.41, 5.74) is 1.19. The number of carbonyl (C=O) groups is 2. The Morgan fingerprint density at radius 1 is 1.07 bits per heavy atom. The SMILES string of the molecule is CN(C)c1nc(NC2CCC(CNC(=O)c3cc(Br)cc(Br)c3O)CC2)nc2ccccc12.O=C(O)C(F)(F)F. The fourth-order valence-electron chi connectivity index (χ4n) is 4.23. The van der Waals surface area contributed by atoms with Crippen LogP contribution in [0.3, 0.4) is 0 Å². The van der Waals surface area contributed by atoms with E-state index in [0.29, 0.717) is 28.9 Å². The number of halogens is 5. The monoisotopic (exact) mass is 689 g/mol. The van der Waals surface area contributed by atoms with Crippen LogP contribution < -0.4 is 15.5 Å². The number of aliphatic carboxylic acids is 1. The van der Waals surface area contributed by atoms with Crippen molar-refractivity contribution in [3.63, 3.8) is 0 Å². The molecule has 2 aromatic carbocycles. The fourth-order valence-corrected chi connectivity index (χ4v) is 5.46. The van der Waals surface area contributed by atoms with Gasteiger partial charge < -0.3 is 25.7 Å². The molecule has 0 spiro atoms. The summed E-state index contributed by atoms with van der Waals surface area (Å²) in [6.07, 6.45) is -1.11. The molecule has 0 aliphatic heterocycles. The van der Waals surface area contributed by atoms with Gasteiger partial charge in [-0.05, 0) is 71.8 Å². The summed E-state index contributed by atoms with van der Waals surface area (Å²) in [6.45, 7) is 0.590. The Morgan fingerprint density at radius 2 is 1.70 bits per heavy atom. The zero-order chi connectivity index (χ0) is 29.6. The number of carbonyl (C=O) groups excluding carboxylic acids is 1. The van der Waals surface area contributed by atoms with Crippen LogP contribution in [0.2, 0.25) is 0 Å². The third-order valence-corrected chi connectivity index (χ3v) is 7.32. The smallest absolute Gasteiger partial charge is 0.490 e. The van der Waals surface area contributed by atoms with Gasteiger partial charge in [-0.15, -0.1) is 0 Å². The van der Waals surface area contributed by atoms with Crippen LogP contribution in [-0.2, 0) is 4.79 Å². The van der Waals surface area contributed by atoms with Crippen molar-refractivity contribution in [1.29, 1.82) is 0 Å². The van der Waals surface area contributed by atoms with E-state index in [1.807, 2.05) is 43.3 Å². The summed E-state index contributed by atoms with van der Waals surface area (Å²) in [5.74, 6) is -1.11. The molecule has 40 heavy (non-hydrogen) atoms. The number of aromatic hydroxyl groups is 1. The average molecular weight is 691 g/mol. The van der Waals surface area contributed by atoms with Gasteiger partial charge >= 0.3 is 12.1 Å². The van der Waals surface area contributed by atoms with Gasteiger partial charge in [-0.25, -0.2) is 9.78 Å². The molecule has 0 atom stereocenters. The molecule has 1 saturated carbocycles. The lowest BCUT2D eigenvalue weighted by Gasteiger charge is -2.29. The first-order chi connectivity index (χ1) is 18.8. The lowest BCUT2D eigenvalue weighted by Crippen LogP contribution is -2.34. The third kappa shape index (κ3) is 8.43. The second-order valence-corrected chi connectivity index (χ2v) is 11.2. The number of phenolic OH excluding ortho intramolecular Hbond substituents is 1. The number of carboxylic acid groups (broad SMARTS) is 1. The second-order valence-electron chi connectivity index (χ2n) is 9.44. The minimum atomic E-state index is -5.08. The van der Waals surface area contributed by atoms with Gasteiger partial charge in [-0.1, -0.05) is 28.1 Å². The molecule has 1 fully saturated rings. The molecule has 1 aromatic heterocycles. The standard InChI is InChI=1S/C24H27Br2N5O2.C2HF3O2/c1-31(2)22-17-5-3-4-6-20(17)29-24(30-22)28-16-9-7-14(8-10-16)13-27-23(33)18-11-15(25)12-19(26)21(18)32;3-2(4,5)1(6)7/h3-6,11-12,14,16,32H,7-10,13H2,1-2H3,(H,27,33)(H,28,29,30);(H,6,7). The van der Waals surface area contributed by atoms with Crippen LogP contribution in [0.25, 0.3) is 10.9 Å². The summed E-state index contributed by atoms with van der Waals surface area (Å²) in [6, 6.07) is 11.7. The molecular weight excluding hydrogens is 663 g/mol. The predicted octanol–water partition coefficient (Wildman–Crippen LogP) is 5.96. The highest BCUT2D eigenvalue weighted by Gasteiger charge is 2.38. The molecular formula is C26H28Br2F3N5O4. The average Bonchev–Trinajstić information content (AvgIpc) is 2.89. The molecule has 1 amide bonds. The van der Waals surface area contributed by atoms with Crippen molar-refractivity contribution in [2.45, 2.75) is 37.9 Å². The summed E-state index contributed by atoms with van der Waals surface area (Å²) < 4.78 is 33.0. The van der Waals surface area contributed by atoms with Crippen LogP contribution in [0.4, 0.5) is 24.9 Å². The Balaban J connectivity index is 0.000000559. The second kappa shape index (κ2) is 13.5. The van der Waals surface area contributed by atoms with E-state index in [9.17, 15) is 23.1 Å². The molecule has 0 radical (unpaired) electrons. The van der Waals surface area contributed by atoms with E-state index in [-0.39, 0.29) is 17.2 Å². The van der Waals surface area contributed by atoms with E-state index in [4.69, 9.17) is 19.9 Å². The highest BCUT2D eigenvalue weighted by molar-refractivity contribution is 9.11. The van der Waals surface area contributed by atoms with Crippen molar-refractivity contribution in [3.8, 4) is 5.75 Å². The number of alkyl halides is 3. The van der Waals surface area contributed by atoms with Gasteiger partial charge in [0, 0.05) is 36.5 Å². The Labute approximate surface area is 245 Å². The van der Waals surface area contributed by atoms with E-state index < -0.39 is 12.1 Å². The first-order valence-electron chi connectivity index (χ1n) is 12.2. The molecule has 1 aliphatic carbocycles. The molecule has 0 bridgehead atoms. The van der Waals surface area contributed by atoms with Crippen molar-refractivity contribution in [1.82, 2.24) is 15.3 Å². The van der Waals surface area contributed by atoms with E-state index in [1.165, 1.54) is 0 Å². The van der Waals surface area contributed by atoms with E-state index in [1.54, 1.807) is 12.1 Å². The number of carboxylic acids is 1. The number of fused-ring (bicyclic) bond motifs is 1. The van der Waals surface area contributed by atoms with Gasteiger partial charge in [-0.2, -0.15) is 18.2 Å². The van der Waals surface area contributed by atoms with Gasteiger partial charge in [0.2, 0.25) is 5.95 Å². The maximum absolute atomic E-state index is 12.6. The minimum Gasteiger partial charge on any atom is -0.506 e.